The molecule has 3 saturated carbocycles. The van der Waals surface area contributed by atoms with Crippen molar-refractivity contribution in [2.24, 2.45) is 35.5 Å². The molecule has 4 aliphatic heterocycles. The zero-order valence-electron chi connectivity index (χ0n) is 27.6. The second-order valence-corrected chi connectivity index (χ2v) is 15.7. The molecule has 14 atom stereocenters. The average Bonchev–Trinajstić information content (AvgIpc) is 3.70. The number of fused-ring (bicyclic) bond motifs is 1. The summed E-state index contributed by atoms with van der Waals surface area (Å²) in [5, 5.41) is 36.0. The Balaban J connectivity index is 1.36. The molecule has 3 aliphatic carbocycles. The van der Waals surface area contributed by atoms with Gasteiger partial charge < -0.3 is 39.0 Å². The van der Waals surface area contributed by atoms with Crippen molar-refractivity contribution in [2.75, 3.05) is 13.2 Å². The molecule has 1 aromatic carbocycles. The number of Topliss-reactive ketones (excluding diaryl/α,β-unsaturated/α-hetero) is 1. The fraction of sp³-hybridized carbons (Fsp3) is 0.730. The van der Waals surface area contributed by atoms with Crippen molar-refractivity contribution in [3.8, 4) is 0 Å². The van der Waals surface area contributed by atoms with Crippen LogP contribution in [0.4, 0.5) is 0 Å². The zero-order chi connectivity index (χ0) is 33.1. The summed E-state index contributed by atoms with van der Waals surface area (Å²) in [5.41, 5.74) is -5.20. The minimum absolute atomic E-state index is 0.00214. The van der Waals surface area contributed by atoms with Gasteiger partial charge in [0.1, 0.15) is 29.5 Å². The molecule has 0 aromatic heterocycles. The van der Waals surface area contributed by atoms with Crippen LogP contribution in [0, 0.1) is 35.5 Å². The number of ketones is 1. The lowest BCUT2D eigenvalue weighted by Gasteiger charge is -2.61. The number of carbonyl (C=O) groups is 2. The van der Waals surface area contributed by atoms with E-state index in [-0.39, 0.29) is 18.4 Å². The van der Waals surface area contributed by atoms with Crippen LogP contribution in [0.1, 0.15) is 82.5 Å². The van der Waals surface area contributed by atoms with Gasteiger partial charge in [0, 0.05) is 30.1 Å². The number of aliphatic hydroxyl groups excluding tert-OH is 2. The number of hydrogen-bond donors (Lipinski definition) is 3. The fourth-order valence-corrected chi connectivity index (χ4v) is 11.2. The van der Waals surface area contributed by atoms with Gasteiger partial charge in [-0.15, -0.1) is 0 Å². The molecule has 4 saturated heterocycles. The van der Waals surface area contributed by atoms with Crippen LogP contribution in [-0.4, -0.2) is 87.0 Å². The van der Waals surface area contributed by atoms with Crippen LogP contribution in [0.2, 0.25) is 0 Å². The third kappa shape index (κ3) is 4.03. The topological polar surface area (TPSA) is 144 Å². The second kappa shape index (κ2) is 10.7. The fourth-order valence-electron chi connectivity index (χ4n) is 11.2. The Labute approximate surface area is 275 Å². The number of epoxide rings is 1. The quantitative estimate of drug-likeness (QED) is 0.245. The van der Waals surface area contributed by atoms with E-state index in [9.17, 15) is 24.9 Å². The van der Waals surface area contributed by atoms with Crippen LogP contribution in [0.3, 0.4) is 0 Å². The molecule has 7 fully saturated rings. The van der Waals surface area contributed by atoms with E-state index in [2.05, 4.69) is 13.5 Å². The summed E-state index contributed by atoms with van der Waals surface area (Å²) < 4.78 is 33.7. The molecule has 10 nitrogen and oxygen atoms in total. The standard InChI is InChI=1S/C37H48O10/c1-20(2)33-17-24(18-43-31(40)23-14-10-8-11-15-23)37-26-29(33)45-35(46-33,47-37)16-12-7-5-6-9-13-21(3)25-22(4)28(39)36(42,27(25)37)32(41)34(19-38)30(26)44-34/h8,10-11,14-15,21-22,24-27,29-30,32,38,41-42H,1,5-7,9,12-13,16-19H2,2-4H3/t21-,22+,24+,25-,26-,27-,29-,30+,32-,33-,34+,35?,36-,37-/m1/s1. The Morgan fingerprint density at radius 3 is 2.49 bits per heavy atom. The predicted molar refractivity (Wildman–Crippen MR) is 167 cm³/mol. The van der Waals surface area contributed by atoms with Gasteiger partial charge in [-0.3, -0.25) is 4.79 Å². The first-order valence-corrected chi connectivity index (χ1v) is 17.6. The summed E-state index contributed by atoms with van der Waals surface area (Å²) in [6, 6.07) is 8.77. The number of rotatable bonds is 5. The highest BCUT2D eigenvalue weighted by Crippen LogP contribution is 2.75. The molecule has 1 aromatic rings. The Kier molecular flexibility index (Phi) is 7.27. The molecule has 1 unspecified atom stereocenters. The van der Waals surface area contributed by atoms with E-state index < -0.39 is 88.7 Å². The lowest BCUT2D eigenvalue weighted by Crippen LogP contribution is -2.74. The third-order valence-electron chi connectivity index (χ3n) is 13.4. The van der Waals surface area contributed by atoms with Crippen LogP contribution >= 0.6 is 0 Å². The molecule has 0 amide bonds. The lowest BCUT2D eigenvalue weighted by molar-refractivity contribution is -0.438. The van der Waals surface area contributed by atoms with E-state index >= 15 is 0 Å². The Bertz CT molecular complexity index is 1470. The van der Waals surface area contributed by atoms with Gasteiger partial charge in [-0.2, -0.15) is 0 Å². The molecule has 4 heterocycles. The summed E-state index contributed by atoms with van der Waals surface area (Å²) in [4.78, 5) is 28.0. The SMILES string of the molecule is C=C(C)[C@]12C[C@@H](COC(=O)c3ccccc3)[C@@]34OC5(CCCCCCC[C@@H](C)[C@@H]6[C@H](C)C(=O)[C@@](O)([C@H](O)[C@@]7(CO)O[C@H]7[C@H]3[C@H]1O5)[C@@H]64)O2. The third-order valence-corrected chi connectivity index (χ3v) is 13.4. The molecule has 8 rings (SSSR count). The van der Waals surface area contributed by atoms with Crippen molar-refractivity contribution in [3.63, 3.8) is 0 Å². The van der Waals surface area contributed by atoms with Crippen LogP contribution in [0.25, 0.3) is 0 Å². The highest BCUT2D eigenvalue weighted by atomic mass is 16.9. The number of aliphatic hydroxyl groups is 3. The summed E-state index contributed by atoms with van der Waals surface area (Å²) >= 11 is 0. The van der Waals surface area contributed by atoms with Gasteiger partial charge in [0.05, 0.1) is 24.4 Å². The summed E-state index contributed by atoms with van der Waals surface area (Å²) in [7, 11) is 0. The molecule has 0 radical (unpaired) electrons. The first-order chi connectivity index (χ1) is 22.4. The molecule has 2 spiro atoms. The number of benzene rings is 1. The normalized spacial score (nSPS) is 51.2. The van der Waals surface area contributed by atoms with E-state index in [4.69, 9.17) is 23.7 Å². The van der Waals surface area contributed by atoms with Gasteiger partial charge in [-0.1, -0.05) is 70.7 Å². The smallest absolute Gasteiger partial charge is 0.338 e. The lowest BCUT2D eigenvalue weighted by atomic mass is 9.51. The Hall–Kier alpha value is -2.18. The van der Waals surface area contributed by atoms with Crippen molar-refractivity contribution < 1.29 is 48.6 Å². The highest BCUT2D eigenvalue weighted by molar-refractivity contribution is 5.94. The zero-order valence-corrected chi connectivity index (χ0v) is 27.6. The predicted octanol–water partition coefficient (Wildman–Crippen LogP) is 3.70. The average molecular weight is 653 g/mol. The number of hydrogen-bond acceptors (Lipinski definition) is 10. The van der Waals surface area contributed by atoms with Gasteiger partial charge in [0.25, 0.3) is 5.97 Å². The van der Waals surface area contributed by atoms with Crippen molar-refractivity contribution >= 4 is 11.8 Å². The van der Waals surface area contributed by atoms with Crippen molar-refractivity contribution in [1.29, 1.82) is 0 Å². The maximum Gasteiger partial charge on any atom is 0.338 e. The molecule has 47 heavy (non-hydrogen) atoms. The molecule has 3 bridgehead atoms. The molecule has 3 N–H and O–H groups in total. The van der Waals surface area contributed by atoms with Crippen LogP contribution < -0.4 is 0 Å². The van der Waals surface area contributed by atoms with E-state index in [1.807, 2.05) is 19.9 Å². The van der Waals surface area contributed by atoms with Crippen LogP contribution in [0.5, 0.6) is 0 Å². The number of ether oxygens (including phenoxy) is 5. The van der Waals surface area contributed by atoms with Gasteiger partial charge in [-0.05, 0) is 49.3 Å². The first-order valence-electron chi connectivity index (χ1n) is 17.6. The monoisotopic (exact) mass is 652 g/mol. The van der Waals surface area contributed by atoms with E-state index in [0.717, 1.165) is 44.1 Å². The van der Waals surface area contributed by atoms with E-state index in [1.165, 1.54) is 0 Å². The summed E-state index contributed by atoms with van der Waals surface area (Å²) in [6.07, 6.45) is 3.21. The maximum atomic E-state index is 14.5. The highest BCUT2D eigenvalue weighted by Gasteiger charge is 2.90. The van der Waals surface area contributed by atoms with E-state index in [1.54, 1.807) is 24.3 Å². The number of carbonyl (C=O) groups excluding carboxylic acids is 2. The van der Waals surface area contributed by atoms with Crippen LogP contribution in [-0.2, 0) is 28.5 Å². The van der Waals surface area contributed by atoms with Gasteiger partial charge in [-0.25, -0.2) is 4.79 Å². The number of esters is 1. The minimum Gasteiger partial charge on any atom is -0.462 e. The first kappa shape index (κ1) is 32.0. The van der Waals surface area contributed by atoms with Crippen molar-refractivity contribution in [3.05, 3.63) is 48.0 Å². The Morgan fingerprint density at radius 1 is 1.04 bits per heavy atom. The molecular weight excluding hydrogens is 604 g/mol. The Morgan fingerprint density at radius 2 is 1.77 bits per heavy atom. The van der Waals surface area contributed by atoms with Gasteiger partial charge in [0.15, 0.2) is 11.4 Å². The largest absolute Gasteiger partial charge is 0.462 e. The van der Waals surface area contributed by atoms with Crippen molar-refractivity contribution in [2.45, 2.75) is 119 Å². The minimum atomic E-state index is -2.30. The van der Waals surface area contributed by atoms with E-state index in [0.29, 0.717) is 18.4 Å². The van der Waals surface area contributed by atoms with Crippen LogP contribution in [0.15, 0.2) is 42.5 Å². The van der Waals surface area contributed by atoms with Gasteiger partial charge in [0.2, 0.25) is 0 Å². The van der Waals surface area contributed by atoms with Gasteiger partial charge >= 0.3 is 5.97 Å². The summed E-state index contributed by atoms with van der Waals surface area (Å²) in [5.74, 6) is -5.64. The molecule has 7 aliphatic rings. The van der Waals surface area contributed by atoms with Crippen molar-refractivity contribution in [1.82, 2.24) is 0 Å². The maximum absolute atomic E-state index is 14.5. The second-order valence-electron chi connectivity index (χ2n) is 15.7. The summed E-state index contributed by atoms with van der Waals surface area (Å²) in [6.45, 7) is 9.56. The molecule has 256 valence electrons. The molecular formula is C37H48O10. The molecule has 10 heteroatoms.